The van der Waals surface area contributed by atoms with Crippen molar-refractivity contribution >= 4 is 29.8 Å². The first-order chi connectivity index (χ1) is 13.5. The van der Waals surface area contributed by atoms with Crippen LogP contribution in [0, 0.1) is 0 Å². The number of carbonyl (C=O) groups is 4. The summed E-state index contributed by atoms with van der Waals surface area (Å²) >= 11 is 0. The number of nitrogens with zero attached hydrogens (tertiary/aromatic N) is 2. The molecule has 0 bridgehead atoms. The topological polar surface area (TPSA) is 150 Å². The van der Waals surface area contributed by atoms with Gasteiger partial charge in [-0.15, -0.1) is 0 Å². The molecule has 0 fully saturated rings. The van der Waals surface area contributed by atoms with Crippen molar-refractivity contribution in [2.45, 2.75) is 20.8 Å². The number of esters is 1. The molecule has 0 aromatic heterocycles. The molecule has 1 aliphatic rings. The lowest BCUT2D eigenvalue weighted by Gasteiger charge is -2.07. The summed E-state index contributed by atoms with van der Waals surface area (Å²) in [7, 11) is 11.0. The number of nitrogens with one attached hydrogen (secondary N) is 4. The molecule has 12 nitrogen and oxygen atoms in total. The van der Waals surface area contributed by atoms with E-state index < -0.39 is 6.09 Å². The standard InChI is InChI=1S/C5H10N2.C3H8N2O.C3H7NO2.C3H7NO.C3H6O2/c1-5-6-3-4-7(5)2;1-4-3(6)5-2;1-4-3(5)6-2;1-3(5)4-2;1-3(4)5-2/h3-4H2,1-2H3;1-2H3,(H2,4,5,6);1-2H3,(H,4,5);1-2H3,(H,4,5);1-2H3. The molecule has 29 heavy (non-hydrogen) atoms. The number of rotatable bonds is 0. The molecule has 12 heteroatoms. The molecule has 1 rings (SSSR count). The van der Waals surface area contributed by atoms with Gasteiger partial charge in [-0.2, -0.15) is 0 Å². The van der Waals surface area contributed by atoms with Crippen LogP contribution in [0.5, 0.6) is 0 Å². The molecule has 0 atom stereocenters. The molecule has 0 unspecified atom stereocenters. The Balaban J connectivity index is -0.000000136. The van der Waals surface area contributed by atoms with E-state index in [1.54, 1.807) is 21.1 Å². The minimum absolute atomic E-state index is 0.00463. The van der Waals surface area contributed by atoms with Gasteiger partial charge in [-0.05, 0) is 6.92 Å². The molecule has 172 valence electrons. The fraction of sp³-hybridized carbons (Fsp3) is 0.706. The van der Waals surface area contributed by atoms with Crippen molar-refractivity contribution < 1.29 is 28.7 Å². The van der Waals surface area contributed by atoms with Gasteiger partial charge in [-0.1, -0.05) is 0 Å². The van der Waals surface area contributed by atoms with Crippen molar-refractivity contribution in [1.82, 2.24) is 26.2 Å². The highest BCUT2D eigenvalue weighted by Gasteiger charge is 2.04. The molecule has 0 spiro atoms. The van der Waals surface area contributed by atoms with Crippen LogP contribution in [0.4, 0.5) is 9.59 Å². The molecule has 0 saturated heterocycles. The Hall–Kier alpha value is -3.05. The van der Waals surface area contributed by atoms with E-state index in [-0.39, 0.29) is 17.9 Å². The average molecular weight is 423 g/mol. The summed E-state index contributed by atoms with van der Waals surface area (Å²) in [6.07, 6.45) is -0.407. The Morgan fingerprint density at radius 3 is 1.34 bits per heavy atom. The van der Waals surface area contributed by atoms with E-state index in [1.807, 2.05) is 6.92 Å². The fourth-order valence-corrected chi connectivity index (χ4v) is 0.871. The maximum atomic E-state index is 9.96. The summed E-state index contributed by atoms with van der Waals surface area (Å²) < 4.78 is 8.26. The zero-order valence-electron chi connectivity index (χ0n) is 19.3. The molecule has 0 radical (unpaired) electrons. The molecule has 0 aromatic carbocycles. The van der Waals surface area contributed by atoms with Crippen molar-refractivity contribution in [3.8, 4) is 0 Å². The summed E-state index contributed by atoms with van der Waals surface area (Å²) in [6, 6.07) is -0.157. The number of alkyl carbamates (subject to hydrolysis) is 1. The van der Waals surface area contributed by atoms with Gasteiger partial charge in [0.2, 0.25) is 5.91 Å². The van der Waals surface area contributed by atoms with Crippen LogP contribution in [0.1, 0.15) is 20.8 Å². The zero-order chi connectivity index (χ0) is 23.8. The number of likely N-dealkylation sites (N-methyl/N-ethyl adjacent to an activating group) is 1. The number of carbonyl (C=O) groups excluding carboxylic acids is 4. The molecule has 1 aliphatic heterocycles. The smallest absolute Gasteiger partial charge is 0.406 e. The van der Waals surface area contributed by atoms with Crippen LogP contribution in [-0.4, -0.2) is 97.3 Å². The van der Waals surface area contributed by atoms with Crippen LogP contribution >= 0.6 is 0 Å². The first-order valence-corrected chi connectivity index (χ1v) is 8.57. The number of amidine groups is 1. The van der Waals surface area contributed by atoms with Gasteiger partial charge < -0.3 is 35.6 Å². The van der Waals surface area contributed by atoms with E-state index in [4.69, 9.17) is 0 Å². The highest BCUT2D eigenvalue weighted by Crippen LogP contribution is 1.94. The Labute approximate surface area is 173 Å². The SMILES string of the molecule is CC1=NCCN1C.CNC(=O)NC.CNC(=O)OC.CNC(C)=O.COC(C)=O. The van der Waals surface area contributed by atoms with Crippen LogP contribution < -0.4 is 21.3 Å². The summed E-state index contributed by atoms with van der Waals surface area (Å²) in [4.78, 5) is 45.4. The lowest BCUT2D eigenvalue weighted by atomic mass is 10.6. The number of amides is 4. The minimum atomic E-state index is -0.407. The minimum Gasteiger partial charge on any atom is -0.469 e. The normalized spacial score (nSPS) is 10.1. The van der Waals surface area contributed by atoms with Crippen molar-refractivity contribution in [2.24, 2.45) is 4.99 Å². The zero-order valence-corrected chi connectivity index (χ0v) is 19.3. The van der Waals surface area contributed by atoms with Gasteiger partial charge in [0.05, 0.1) is 26.6 Å². The van der Waals surface area contributed by atoms with Gasteiger partial charge in [-0.25, -0.2) is 9.59 Å². The third-order valence-corrected chi connectivity index (χ3v) is 2.81. The van der Waals surface area contributed by atoms with Crippen molar-refractivity contribution in [3.63, 3.8) is 0 Å². The summed E-state index contributed by atoms with van der Waals surface area (Å²) in [6.45, 7) is 6.96. The second-order valence-corrected chi connectivity index (χ2v) is 4.92. The predicted molar refractivity (Wildman–Crippen MR) is 113 cm³/mol. The quantitative estimate of drug-likeness (QED) is 0.395. The predicted octanol–water partition coefficient (Wildman–Crippen LogP) is -0.201. The van der Waals surface area contributed by atoms with Crippen LogP contribution in [-0.2, 0) is 19.1 Å². The number of aliphatic imine (C=N–C) groups is 1. The Kier molecular flexibility index (Phi) is 28.8. The fourth-order valence-electron chi connectivity index (χ4n) is 0.871. The number of methoxy groups -OCH3 is 2. The lowest BCUT2D eigenvalue weighted by molar-refractivity contribution is -0.138. The second kappa shape index (κ2) is 24.9. The second-order valence-electron chi connectivity index (χ2n) is 4.92. The van der Waals surface area contributed by atoms with Crippen LogP contribution in [0.2, 0.25) is 0 Å². The van der Waals surface area contributed by atoms with Gasteiger partial charge in [-0.3, -0.25) is 14.6 Å². The first kappa shape index (κ1) is 33.5. The third kappa shape index (κ3) is 36.6. The van der Waals surface area contributed by atoms with E-state index in [0.29, 0.717) is 0 Å². The molecule has 4 amide bonds. The summed E-state index contributed by atoms with van der Waals surface area (Å²) in [5.74, 6) is 0.926. The van der Waals surface area contributed by atoms with E-state index in [2.05, 4.69) is 47.7 Å². The first-order valence-electron chi connectivity index (χ1n) is 8.57. The number of hydrogen-bond acceptors (Lipinski definition) is 8. The monoisotopic (exact) mass is 422 g/mol. The molecular formula is C17H38N6O6. The van der Waals surface area contributed by atoms with Gasteiger partial charge in [0, 0.05) is 55.6 Å². The Bertz CT molecular complexity index is 443. The summed E-state index contributed by atoms with van der Waals surface area (Å²) in [5, 5.41) is 9.37. The average Bonchev–Trinajstić information content (AvgIpc) is 3.10. The van der Waals surface area contributed by atoms with E-state index >= 15 is 0 Å². The molecule has 4 N–H and O–H groups in total. The van der Waals surface area contributed by atoms with E-state index in [0.717, 1.165) is 13.1 Å². The van der Waals surface area contributed by atoms with E-state index in [1.165, 1.54) is 41.0 Å². The Morgan fingerprint density at radius 2 is 1.31 bits per heavy atom. The van der Waals surface area contributed by atoms with Crippen LogP contribution in [0.15, 0.2) is 4.99 Å². The largest absolute Gasteiger partial charge is 0.469 e. The van der Waals surface area contributed by atoms with E-state index in [9.17, 15) is 19.2 Å². The van der Waals surface area contributed by atoms with Gasteiger partial charge >= 0.3 is 18.1 Å². The number of urea groups is 1. The number of ether oxygens (including phenoxy) is 2. The van der Waals surface area contributed by atoms with Gasteiger partial charge in [0.1, 0.15) is 0 Å². The van der Waals surface area contributed by atoms with Crippen LogP contribution in [0.25, 0.3) is 0 Å². The molecule has 0 saturated carbocycles. The van der Waals surface area contributed by atoms with Gasteiger partial charge in [0.25, 0.3) is 0 Å². The highest BCUT2D eigenvalue weighted by molar-refractivity contribution is 5.80. The lowest BCUT2D eigenvalue weighted by Crippen LogP contribution is -2.28. The molecular weight excluding hydrogens is 384 g/mol. The third-order valence-electron chi connectivity index (χ3n) is 2.81. The van der Waals surface area contributed by atoms with Crippen molar-refractivity contribution in [1.29, 1.82) is 0 Å². The number of hydrogen-bond donors (Lipinski definition) is 4. The summed E-state index contributed by atoms with van der Waals surface area (Å²) in [5.41, 5.74) is 0. The van der Waals surface area contributed by atoms with Crippen LogP contribution in [0.3, 0.4) is 0 Å². The van der Waals surface area contributed by atoms with Crippen molar-refractivity contribution in [3.05, 3.63) is 0 Å². The Morgan fingerprint density at radius 1 is 0.897 bits per heavy atom. The molecule has 0 aromatic rings. The maximum Gasteiger partial charge on any atom is 0.406 e. The maximum absolute atomic E-state index is 9.96. The van der Waals surface area contributed by atoms with Gasteiger partial charge in [0.15, 0.2) is 0 Å². The molecule has 1 heterocycles. The van der Waals surface area contributed by atoms with Crippen molar-refractivity contribution in [2.75, 3.05) is 62.5 Å². The highest BCUT2D eigenvalue weighted by atomic mass is 16.5. The molecule has 0 aliphatic carbocycles.